The van der Waals surface area contributed by atoms with Gasteiger partial charge in [-0.15, -0.1) is 0 Å². The number of anilines is 2. The van der Waals surface area contributed by atoms with E-state index in [0.717, 1.165) is 0 Å². The van der Waals surface area contributed by atoms with Crippen molar-refractivity contribution in [3.05, 3.63) is 59.1 Å². The maximum absolute atomic E-state index is 11.8. The van der Waals surface area contributed by atoms with Crippen LogP contribution in [0.25, 0.3) is 0 Å². The van der Waals surface area contributed by atoms with Crippen LogP contribution in [0.1, 0.15) is 10.4 Å². The maximum Gasteiger partial charge on any atom is 0.314 e. The molecule has 0 heterocycles. The molecule has 0 unspecified atom stereocenters. The van der Waals surface area contributed by atoms with Gasteiger partial charge >= 0.3 is 11.8 Å². The van der Waals surface area contributed by atoms with Crippen LogP contribution in [0.15, 0.2) is 48.5 Å². The fourth-order valence-electron chi connectivity index (χ4n) is 1.63. The fourth-order valence-corrected chi connectivity index (χ4v) is 1.75. The van der Waals surface area contributed by atoms with Crippen molar-refractivity contribution in [2.24, 2.45) is 5.73 Å². The number of nitrogens with one attached hydrogen (secondary N) is 2. The first-order valence-corrected chi connectivity index (χ1v) is 6.61. The molecule has 3 amide bonds. The maximum atomic E-state index is 11.8. The first-order valence-electron chi connectivity index (χ1n) is 6.23. The number of primary amides is 1. The number of amides is 3. The van der Waals surface area contributed by atoms with Crippen molar-refractivity contribution in [1.82, 2.24) is 0 Å². The summed E-state index contributed by atoms with van der Waals surface area (Å²) in [5, 5.41) is 5.37. The van der Waals surface area contributed by atoms with E-state index in [0.29, 0.717) is 22.0 Å². The quantitative estimate of drug-likeness (QED) is 0.755. The topological polar surface area (TPSA) is 101 Å². The predicted octanol–water partition coefficient (Wildman–Crippen LogP) is 2.02. The number of benzene rings is 2. The smallest absolute Gasteiger partial charge is 0.314 e. The van der Waals surface area contributed by atoms with E-state index in [4.69, 9.17) is 17.3 Å². The number of rotatable bonds is 3. The molecule has 0 bridgehead atoms. The zero-order valence-corrected chi connectivity index (χ0v) is 12.1. The monoisotopic (exact) mass is 317 g/mol. The summed E-state index contributed by atoms with van der Waals surface area (Å²) in [7, 11) is 0. The molecule has 4 N–H and O–H groups in total. The Bertz CT molecular complexity index is 712. The molecule has 0 radical (unpaired) electrons. The first kappa shape index (κ1) is 15.5. The lowest BCUT2D eigenvalue weighted by atomic mass is 10.2. The Morgan fingerprint density at radius 2 is 1.18 bits per heavy atom. The third-order valence-electron chi connectivity index (χ3n) is 2.74. The van der Waals surface area contributed by atoms with Crippen LogP contribution < -0.4 is 16.4 Å². The Morgan fingerprint density at radius 1 is 0.773 bits per heavy atom. The molecule has 2 rings (SSSR count). The van der Waals surface area contributed by atoms with Gasteiger partial charge < -0.3 is 16.4 Å². The van der Waals surface area contributed by atoms with Crippen molar-refractivity contribution in [3.8, 4) is 0 Å². The van der Waals surface area contributed by atoms with E-state index < -0.39 is 17.7 Å². The molecule has 0 saturated carbocycles. The number of carbonyl (C=O) groups excluding carboxylic acids is 3. The third-order valence-corrected chi connectivity index (χ3v) is 2.99. The van der Waals surface area contributed by atoms with Gasteiger partial charge in [0, 0.05) is 22.0 Å². The second-order valence-electron chi connectivity index (χ2n) is 4.36. The summed E-state index contributed by atoms with van der Waals surface area (Å²) in [6.45, 7) is 0. The molecular formula is C15H12ClN3O3. The highest BCUT2D eigenvalue weighted by Gasteiger charge is 2.14. The van der Waals surface area contributed by atoms with Crippen LogP contribution in [-0.2, 0) is 9.59 Å². The summed E-state index contributed by atoms with van der Waals surface area (Å²) in [6, 6.07) is 12.2. The highest BCUT2D eigenvalue weighted by Crippen LogP contribution is 2.14. The number of nitrogens with two attached hydrogens (primary N) is 1. The number of carbonyl (C=O) groups is 3. The second-order valence-corrected chi connectivity index (χ2v) is 4.79. The van der Waals surface area contributed by atoms with Gasteiger partial charge in [0.15, 0.2) is 0 Å². The Hall–Kier alpha value is -2.86. The van der Waals surface area contributed by atoms with Crippen molar-refractivity contribution >= 4 is 40.7 Å². The Kier molecular flexibility index (Phi) is 4.75. The highest BCUT2D eigenvalue weighted by atomic mass is 35.5. The first-order chi connectivity index (χ1) is 10.5. The highest BCUT2D eigenvalue weighted by molar-refractivity contribution is 6.43. The zero-order chi connectivity index (χ0) is 16.1. The van der Waals surface area contributed by atoms with Gasteiger partial charge in [-0.05, 0) is 48.5 Å². The van der Waals surface area contributed by atoms with E-state index in [2.05, 4.69) is 10.6 Å². The van der Waals surface area contributed by atoms with Crippen LogP contribution in [-0.4, -0.2) is 17.7 Å². The SMILES string of the molecule is NC(=O)c1ccc(NC(=O)C(=O)Nc2ccc(Cl)cc2)cc1. The normalized spacial score (nSPS) is 9.86. The lowest BCUT2D eigenvalue weighted by molar-refractivity contribution is -0.132. The van der Waals surface area contributed by atoms with E-state index in [1.807, 2.05) is 0 Å². The molecule has 7 heteroatoms. The van der Waals surface area contributed by atoms with Crippen molar-refractivity contribution in [1.29, 1.82) is 0 Å². The molecule has 0 aliphatic rings. The van der Waals surface area contributed by atoms with Gasteiger partial charge in [0.25, 0.3) is 0 Å². The molecule has 0 saturated heterocycles. The van der Waals surface area contributed by atoms with Crippen LogP contribution in [0.4, 0.5) is 11.4 Å². The Labute approximate surface area is 131 Å². The second kappa shape index (κ2) is 6.73. The zero-order valence-electron chi connectivity index (χ0n) is 11.3. The number of halogens is 1. The average Bonchev–Trinajstić information content (AvgIpc) is 2.50. The van der Waals surface area contributed by atoms with Gasteiger partial charge in [0.05, 0.1) is 0 Å². The van der Waals surface area contributed by atoms with Crippen LogP contribution in [0, 0.1) is 0 Å². The minimum atomic E-state index is -0.832. The van der Waals surface area contributed by atoms with Crippen LogP contribution >= 0.6 is 11.6 Å². The molecular weight excluding hydrogens is 306 g/mol. The van der Waals surface area contributed by atoms with Gasteiger partial charge in [-0.1, -0.05) is 11.6 Å². The molecule has 2 aromatic rings. The molecule has 0 spiro atoms. The minimum Gasteiger partial charge on any atom is -0.366 e. The lowest BCUT2D eigenvalue weighted by Gasteiger charge is -2.07. The molecule has 0 aromatic heterocycles. The molecule has 0 aliphatic heterocycles. The van der Waals surface area contributed by atoms with Gasteiger partial charge in [0.1, 0.15) is 0 Å². The van der Waals surface area contributed by atoms with Crippen molar-refractivity contribution in [2.45, 2.75) is 0 Å². The van der Waals surface area contributed by atoms with E-state index >= 15 is 0 Å². The van der Waals surface area contributed by atoms with Crippen molar-refractivity contribution in [2.75, 3.05) is 10.6 Å². The number of hydrogen-bond donors (Lipinski definition) is 3. The van der Waals surface area contributed by atoms with Crippen LogP contribution in [0.3, 0.4) is 0 Å². The predicted molar refractivity (Wildman–Crippen MR) is 83.7 cm³/mol. The van der Waals surface area contributed by atoms with Gasteiger partial charge in [0.2, 0.25) is 5.91 Å². The molecule has 0 fully saturated rings. The lowest BCUT2D eigenvalue weighted by Crippen LogP contribution is -2.29. The summed E-state index contributed by atoms with van der Waals surface area (Å²) >= 11 is 5.73. The van der Waals surface area contributed by atoms with E-state index in [9.17, 15) is 14.4 Å². The molecule has 0 aliphatic carbocycles. The Morgan fingerprint density at radius 3 is 1.59 bits per heavy atom. The fraction of sp³-hybridized carbons (Fsp3) is 0. The van der Waals surface area contributed by atoms with Gasteiger partial charge in [-0.3, -0.25) is 14.4 Å². The molecule has 22 heavy (non-hydrogen) atoms. The number of hydrogen-bond acceptors (Lipinski definition) is 3. The van der Waals surface area contributed by atoms with Crippen LogP contribution in [0.2, 0.25) is 5.02 Å². The van der Waals surface area contributed by atoms with Gasteiger partial charge in [-0.25, -0.2) is 0 Å². The average molecular weight is 318 g/mol. The van der Waals surface area contributed by atoms with E-state index in [-0.39, 0.29) is 0 Å². The molecule has 0 atom stereocenters. The summed E-state index contributed by atoms with van der Waals surface area (Å²) in [5.74, 6) is -2.22. The van der Waals surface area contributed by atoms with Crippen LogP contribution in [0.5, 0.6) is 0 Å². The summed E-state index contributed by atoms with van der Waals surface area (Å²) in [5.41, 5.74) is 6.25. The van der Waals surface area contributed by atoms with Crippen molar-refractivity contribution < 1.29 is 14.4 Å². The van der Waals surface area contributed by atoms with Crippen molar-refractivity contribution in [3.63, 3.8) is 0 Å². The third kappa shape index (κ3) is 4.07. The standard InChI is InChI=1S/C15H12ClN3O3/c16-10-3-7-12(8-4-10)19-15(22)14(21)18-11-5-1-9(2-6-11)13(17)20/h1-8H,(H2,17,20)(H,18,21)(H,19,22). The molecule has 6 nitrogen and oxygen atoms in total. The summed E-state index contributed by atoms with van der Waals surface area (Å²) in [6.07, 6.45) is 0. The molecule has 112 valence electrons. The molecule has 2 aromatic carbocycles. The summed E-state index contributed by atoms with van der Waals surface area (Å²) < 4.78 is 0. The van der Waals surface area contributed by atoms with Gasteiger partial charge in [-0.2, -0.15) is 0 Å². The van der Waals surface area contributed by atoms with E-state index in [1.54, 1.807) is 24.3 Å². The largest absolute Gasteiger partial charge is 0.366 e. The van der Waals surface area contributed by atoms with E-state index in [1.165, 1.54) is 24.3 Å². The Balaban J connectivity index is 1.97. The minimum absolute atomic E-state index is 0.309. The summed E-state index contributed by atoms with van der Waals surface area (Å²) in [4.78, 5) is 34.4.